The highest BCUT2D eigenvalue weighted by Crippen LogP contribution is 2.26. The summed E-state index contributed by atoms with van der Waals surface area (Å²) in [6, 6.07) is 9.94. The van der Waals surface area contributed by atoms with Crippen LogP contribution in [0.15, 0.2) is 34.8 Å². The number of nitrogens with one attached hydrogen (secondary N) is 2. The van der Waals surface area contributed by atoms with Gasteiger partial charge in [-0.1, -0.05) is 12.1 Å². The first-order chi connectivity index (χ1) is 10.1. The topological polar surface area (TPSA) is 46.1 Å². The summed E-state index contributed by atoms with van der Waals surface area (Å²) in [5, 5.41) is 5.93. The Morgan fingerprint density at radius 2 is 1.95 bits per heavy atom. The van der Waals surface area contributed by atoms with Crippen LogP contribution in [0, 0.1) is 13.8 Å². The molecule has 4 nitrogen and oxygen atoms in total. The molecule has 0 saturated heterocycles. The molecule has 1 aromatic carbocycles. The molecule has 21 heavy (non-hydrogen) atoms. The van der Waals surface area contributed by atoms with E-state index in [2.05, 4.69) is 31.1 Å². The Kier molecular flexibility index (Phi) is 5.20. The third-order valence-electron chi connectivity index (χ3n) is 3.43. The number of halogens is 1. The molecule has 0 aliphatic carbocycles. The molecule has 2 N–H and O–H groups in total. The lowest BCUT2D eigenvalue weighted by Crippen LogP contribution is -2.30. The standard InChI is InChI=1S/C16H20BrN3O/c1-11-10-13(16(21)19-9-8-18-3)12(2)20(11)15-7-5-4-6-14(15)17/h4-7,10,18H,8-9H2,1-3H3,(H,19,21). The largest absolute Gasteiger partial charge is 0.351 e. The van der Waals surface area contributed by atoms with Crippen molar-refractivity contribution in [3.63, 3.8) is 0 Å². The Bertz CT molecular complexity index is 649. The van der Waals surface area contributed by atoms with Crippen molar-refractivity contribution in [2.24, 2.45) is 0 Å². The molecule has 2 rings (SSSR count). The average Bonchev–Trinajstić information content (AvgIpc) is 2.75. The normalized spacial score (nSPS) is 10.7. The Hall–Kier alpha value is -1.59. The van der Waals surface area contributed by atoms with Gasteiger partial charge in [0, 0.05) is 29.0 Å². The summed E-state index contributed by atoms with van der Waals surface area (Å²) in [4.78, 5) is 12.3. The molecule has 0 aliphatic rings. The molecule has 5 heteroatoms. The second-order valence-corrected chi connectivity index (χ2v) is 5.79. The van der Waals surface area contributed by atoms with Crippen molar-refractivity contribution in [2.45, 2.75) is 13.8 Å². The van der Waals surface area contributed by atoms with E-state index < -0.39 is 0 Å². The highest BCUT2D eigenvalue weighted by Gasteiger charge is 2.17. The summed E-state index contributed by atoms with van der Waals surface area (Å²) in [6.45, 7) is 5.36. The number of aryl methyl sites for hydroxylation is 1. The first-order valence-corrected chi connectivity index (χ1v) is 7.72. The predicted octanol–water partition coefficient (Wildman–Crippen LogP) is 2.81. The number of carbonyl (C=O) groups is 1. The maximum atomic E-state index is 12.3. The maximum Gasteiger partial charge on any atom is 0.253 e. The Labute approximate surface area is 133 Å². The highest BCUT2D eigenvalue weighted by molar-refractivity contribution is 9.10. The number of hydrogen-bond acceptors (Lipinski definition) is 2. The molecule has 0 atom stereocenters. The quantitative estimate of drug-likeness (QED) is 0.815. The van der Waals surface area contributed by atoms with Crippen molar-refractivity contribution >= 4 is 21.8 Å². The van der Waals surface area contributed by atoms with Gasteiger partial charge in [-0.15, -0.1) is 0 Å². The van der Waals surface area contributed by atoms with Crippen LogP contribution in [-0.2, 0) is 0 Å². The zero-order valence-electron chi connectivity index (χ0n) is 12.5. The van der Waals surface area contributed by atoms with Crippen LogP contribution in [0.4, 0.5) is 0 Å². The first-order valence-electron chi connectivity index (χ1n) is 6.93. The minimum atomic E-state index is -0.0309. The van der Waals surface area contributed by atoms with Gasteiger partial charge in [-0.2, -0.15) is 0 Å². The van der Waals surface area contributed by atoms with E-state index in [4.69, 9.17) is 0 Å². The zero-order chi connectivity index (χ0) is 15.4. The summed E-state index contributed by atoms with van der Waals surface area (Å²) in [5.41, 5.74) is 3.75. The summed E-state index contributed by atoms with van der Waals surface area (Å²) in [5.74, 6) is -0.0309. The Morgan fingerprint density at radius 3 is 2.62 bits per heavy atom. The van der Waals surface area contributed by atoms with E-state index >= 15 is 0 Å². The third-order valence-corrected chi connectivity index (χ3v) is 4.10. The molecule has 2 aromatic rings. The second kappa shape index (κ2) is 6.91. The molecule has 0 fully saturated rings. The molecule has 0 radical (unpaired) electrons. The van der Waals surface area contributed by atoms with Gasteiger partial charge in [0.05, 0.1) is 11.3 Å². The SMILES string of the molecule is CNCCNC(=O)c1cc(C)n(-c2ccccc2Br)c1C. The molecule has 0 spiro atoms. The van der Waals surface area contributed by atoms with Gasteiger partial charge < -0.3 is 15.2 Å². The minimum Gasteiger partial charge on any atom is -0.351 e. The van der Waals surface area contributed by atoms with Gasteiger partial charge in [-0.05, 0) is 55.0 Å². The lowest BCUT2D eigenvalue weighted by Gasteiger charge is -2.12. The van der Waals surface area contributed by atoms with Gasteiger partial charge >= 0.3 is 0 Å². The number of para-hydroxylation sites is 1. The summed E-state index contributed by atoms with van der Waals surface area (Å²) in [7, 11) is 1.87. The summed E-state index contributed by atoms with van der Waals surface area (Å²) < 4.78 is 3.10. The number of rotatable bonds is 5. The molecule has 1 heterocycles. The van der Waals surface area contributed by atoms with Gasteiger partial charge in [-0.3, -0.25) is 4.79 Å². The van der Waals surface area contributed by atoms with E-state index in [-0.39, 0.29) is 5.91 Å². The monoisotopic (exact) mass is 349 g/mol. The molecule has 0 saturated carbocycles. The number of hydrogen-bond donors (Lipinski definition) is 2. The van der Waals surface area contributed by atoms with Gasteiger partial charge in [0.2, 0.25) is 0 Å². The lowest BCUT2D eigenvalue weighted by molar-refractivity contribution is 0.0953. The summed E-state index contributed by atoms with van der Waals surface area (Å²) >= 11 is 3.57. The smallest absolute Gasteiger partial charge is 0.253 e. The molecular weight excluding hydrogens is 330 g/mol. The van der Waals surface area contributed by atoms with Crippen LogP contribution < -0.4 is 10.6 Å². The van der Waals surface area contributed by atoms with Gasteiger partial charge in [0.1, 0.15) is 0 Å². The molecule has 0 unspecified atom stereocenters. The fourth-order valence-corrected chi connectivity index (χ4v) is 2.85. The van der Waals surface area contributed by atoms with Crippen LogP contribution in [0.25, 0.3) is 5.69 Å². The van der Waals surface area contributed by atoms with Crippen molar-refractivity contribution in [3.05, 3.63) is 51.8 Å². The molecule has 0 aliphatic heterocycles. The Balaban J connectivity index is 2.34. The number of carbonyl (C=O) groups excluding carboxylic acids is 1. The second-order valence-electron chi connectivity index (χ2n) is 4.93. The van der Waals surface area contributed by atoms with E-state index in [1.165, 1.54) is 0 Å². The molecule has 1 aromatic heterocycles. The first kappa shape index (κ1) is 15.8. The number of benzene rings is 1. The summed E-state index contributed by atoms with van der Waals surface area (Å²) in [6.07, 6.45) is 0. The van der Waals surface area contributed by atoms with Crippen molar-refractivity contribution in [3.8, 4) is 5.69 Å². The van der Waals surface area contributed by atoms with Crippen molar-refractivity contribution in [2.75, 3.05) is 20.1 Å². The number of nitrogens with zero attached hydrogens (tertiary/aromatic N) is 1. The van der Waals surface area contributed by atoms with Crippen molar-refractivity contribution in [1.82, 2.24) is 15.2 Å². The van der Waals surface area contributed by atoms with Crippen molar-refractivity contribution in [1.29, 1.82) is 0 Å². The van der Waals surface area contributed by atoms with Crippen LogP contribution in [0.5, 0.6) is 0 Å². The minimum absolute atomic E-state index is 0.0309. The lowest BCUT2D eigenvalue weighted by atomic mass is 10.2. The van der Waals surface area contributed by atoms with Gasteiger partial charge in [0.15, 0.2) is 0 Å². The number of likely N-dealkylation sites (N-methyl/N-ethyl adjacent to an activating group) is 1. The van der Waals surface area contributed by atoms with E-state index in [1.54, 1.807) is 0 Å². The average molecular weight is 350 g/mol. The van der Waals surface area contributed by atoms with Crippen LogP contribution >= 0.6 is 15.9 Å². The fourth-order valence-electron chi connectivity index (χ4n) is 2.39. The fraction of sp³-hybridized carbons (Fsp3) is 0.312. The van der Waals surface area contributed by atoms with Gasteiger partial charge in [0.25, 0.3) is 5.91 Å². The molecule has 1 amide bonds. The van der Waals surface area contributed by atoms with Crippen LogP contribution in [0.1, 0.15) is 21.7 Å². The van der Waals surface area contributed by atoms with Crippen LogP contribution in [-0.4, -0.2) is 30.6 Å². The zero-order valence-corrected chi connectivity index (χ0v) is 14.1. The molecule has 112 valence electrons. The van der Waals surface area contributed by atoms with E-state index in [1.807, 2.05) is 51.2 Å². The maximum absolute atomic E-state index is 12.3. The Morgan fingerprint density at radius 1 is 1.24 bits per heavy atom. The van der Waals surface area contributed by atoms with Crippen LogP contribution in [0.3, 0.4) is 0 Å². The predicted molar refractivity (Wildman–Crippen MR) is 89.2 cm³/mol. The van der Waals surface area contributed by atoms with Crippen LogP contribution in [0.2, 0.25) is 0 Å². The van der Waals surface area contributed by atoms with Crippen molar-refractivity contribution < 1.29 is 4.79 Å². The molecular formula is C16H20BrN3O. The molecule has 0 bridgehead atoms. The third kappa shape index (κ3) is 3.36. The number of amides is 1. The van der Waals surface area contributed by atoms with E-state index in [9.17, 15) is 4.79 Å². The highest BCUT2D eigenvalue weighted by atomic mass is 79.9. The number of aromatic nitrogens is 1. The van der Waals surface area contributed by atoms with E-state index in [0.717, 1.165) is 33.7 Å². The van der Waals surface area contributed by atoms with Gasteiger partial charge in [-0.25, -0.2) is 0 Å². The van der Waals surface area contributed by atoms with E-state index in [0.29, 0.717) is 6.54 Å².